The van der Waals surface area contributed by atoms with Crippen LogP contribution in [-0.4, -0.2) is 23.7 Å². The first-order valence-corrected chi connectivity index (χ1v) is 8.15. The number of halogens is 1. The molecule has 2 N–H and O–H groups in total. The van der Waals surface area contributed by atoms with Gasteiger partial charge in [0.2, 0.25) is 5.91 Å². The maximum atomic E-state index is 11.5. The van der Waals surface area contributed by atoms with Gasteiger partial charge in [-0.3, -0.25) is 4.79 Å². The second kappa shape index (κ2) is 8.70. The molecule has 0 radical (unpaired) electrons. The van der Waals surface area contributed by atoms with Crippen LogP contribution in [0.5, 0.6) is 0 Å². The van der Waals surface area contributed by atoms with Gasteiger partial charge in [0.15, 0.2) is 0 Å². The van der Waals surface area contributed by atoms with Crippen molar-refractivity contribution in [2.45, 2.75) is 25.8 Å². The van der Waals surface area contributed by atoms with Gasteiger partial charge in [-0.1, -0.05) is 54.1 Å². The van der Waals surface area contributed by atoms with E-state index in [1.54, 1.807) is 0 Å². The number of aliphatic hydroxyl groups is 1. The summed E-state index contributed by atoms with van der Waals surface area (Å²) in [7, 11) is 0. The van der Waals surface area contributed by atoms with Crippen LogP contribution in [0.3, 0.4) is 0 Å². The summed E-state index contributed by atoms with van der Waals surface area (Å²) in [5, 5.41) is 12.5. The zero-order valence-electron chi connectivity index (χ0n) is 13.2. The Morgan fingerprint density at radius 2 is 1.61 bits per heavy atom. The molecule has 122 valence electrons. The first-order chi connectivity index (χ1) is 11.1. The Morgan fingerprint density at radius 1 is 1.04 bits per heavy atom. The van der Waals surface area contributed by atoms with Crippen LogP contribution in [0.25, 0.3) is 0 Å². The number of benzene rings is 2. The highest BCUT2D eigenvalue weighted by atomic mass is 35.5. The van der Waals surface area contributed by atoms with Crippen LogP contribution >= 0.6 is 11.6 Å². The van der Waals surface area contributed by atoms with Crippen molar-refractivity contribution in [2.24, 2.45) is 5.92 Å². The van der Waals surface area contributed by atoms with Gasteiger partial charge in [-0.05, 0) is 48.9 Å². The standard InChI is InChI=1S/C19H22ClNO2/c1-14(21-19(23)13-22)17(11-15-5-3-2-4-6-15)12-16-7-9-18(20)10-8-16/h2-10,14,17,22H,11-13H2,1H3,(H,21,23). The summed E-state index contributed by atoms with van der Waals surface area (Å²) in [6.07, 6.45) is 1.69. The van der Waals surface area contributed by atoms with Crippen molar-refractivity contribution in [3.8, 4) is 0 Å². The Labute approximate surface area is 142 Å². The lowest BCUT2D eigenvalue weighted by Gasteiger charge is -2.25. The SMILES string of the molecule is CC(NC(=O)CO)C(Cc1ccccc1)Cc1ccc(Cl)cc1. The second-order valence-electron chi connectivity index (χ2n) is 5.79. The fourth-order valence-electron chi connectivity index (χ4n) is 2.68. The van der Waals surface area contributed by atoms with E-state index in [0.29, 0.717) is 0 Å². The molecule has 0 aromatic heterocycles. The molecule has 3 nitrogen and oxygen atoms in total. The van der Waals surface area contributed by atoms with Crippen LogP contribution in [0.1, 0.15) is 18.1 Å². The van der Waals surface area contributed by atoms with Gasteiger partial charge in [0.05, 0.1) is 0 Å². The van der Waals surface area contributed by atoms with E-state index in [1.807, 2.05) is 49.4 Å². The van der Waals surface area contributed by atoms with Crippen LogP contribution < -0.4 is 5.32 Å². The fraction of sp³-hybridized carbons (Fsp3) is 0.316. The Bertz CT molecular complexity index is 613. The summed E-state index contributed by atoms with van der Waals surface area (Å²) in [6, 6.07) is 18.0. The van der Waals surface area contributed by atoms with E-state index in [9.17, 15) is 4.79 Å². The molecule has 2 unspecified atom stereocenters. The van der Waals surface area contributed by atoms with Gasteiger partial charge in [-0.15, -0.1) is 0 Å². The molecule has 0 saturated carbocycles. The van der Waals surface area contributed by atoms with Crippen molar-refractivity contribution in [1.82, 2.24) is 5.32 Å². The normalized spacial score (nSPS) is 13.3. The maximum Gasteiger partial charge on any atom is 0.245 e. The molecule has 1 amide bonds. The van der Waals surface area contributed by atoms with Crippen LogP contribution in [0, 0.1) is 5.92 Å². The number of rotatable bonds is 7. The minimum Gasteiger partial charge on any atom is -0.387 e. The molecule has 0 aliphatic carbocycles. The summed E-state index contributed by atoms with van der Waals surface area (Å²) < 4.78 is 0. The first kappa shape index (κ1) is 17.5. The second-order valence-corrected chi connectivity index (χ2v) is 6.23. The number of carbonyl (C=O) groups is 1. The van der Waals surface area contributed by atoms with Gasteiger partial charge in [-0.2, -0.15) is 0 Å². The first-order valence-electron chi connectivity index (χ1n) is 7.77. The molecule has 23 heavy (non-hydrogen) atoms. The topological polar surface area (TPSA) is 49.3 Å². The van der Waals surface area contributed by atoms with Gasteiger partial charge < -0.3 is 10.4 Å². The number of hydrogen-bond acceptors (Lipinski definition) is 2. The van der Waals surface area contributed by atoms with Gasteiger partial charge in [-0.25, -0.2) is 0 Å². The lowest BCUT2D eigenvalue weighted by Crippen LogP contribution is -2.41. The zero-order valence-corrected chi connectivity index (χ0v) is 14.0. The molecule has 0 heterocycles. The van der Waals surface area contributed by atoms with E-state index in [2.05, 4.69) is 17.4 Å². The highest BCUT2D eigenvalue weighted by molar-refractivity contribution is 6.30. The number of amides is 1. The Hall–Kier alpha value is -1.84. The molecule has 4 heteroatoms. The molecule has 2 aromatic carbocycles. The highest BCUT2D eigenvalue weighted by Crippen LogP contribution is 2.20. The van der Waals surface area contributed by atoms with Gasteiger partial charge in [0.1, 0.15) is 6.61 Å². The third-order valence-corrected chi connectivity index (χ3v) is 4.24. The molecular weight excluding hydrogens is 310 g/mol. The van der Waals surface area contributed by atoms with E-state index >= 15 is 0 Å². The van der Waals surface area contributed by atoms with E-state index in [-0.39, 0.29) is 17.9 Å². The van der Waals surface area contributed by atoms with Crippen LogP contribution in [0.2, 0.25) is 5.02 Å². The molecule has 2 rings (SSSR count). The molecule has 0 saturated heterocycles. The summed E-state index contributed by atoms with van der Waals surface area (Å²) in [5.74, 6) is -0.110. The van der Waals surface area contributed by atoms with Gasteiger partial charge in [0.25, 0.3) is 0 Å². The monoisotopic (exact) mass is 331 g/mol. The molecule has 0 bridgehead atoms. The van der Waals surface area contributed by atoms with E-state index in [4.69, 9.17) is 16.7 Å². The average Bonchev–Trinajstić information content (AvgIpc) is 2.57. The Morgan fingerprint density at radius 3 is 2.17 bits per heavy atom. The minimum absolute atomic E-state index is 0.0365. The van der Waals surface area contributed by atoms with Crippen LogP contribution in [0.4, 0.5) is 0 Å². The van der Waals surface area contributed by atoms with E-state index in [1.165, 1.54) is 11.1 Å². The number of aliphatic hydroxyl groups excluding tert-OH is 1. The molecule has 2 atom stereocenters. The lowest BCUT2D eigenvalue weighted by molar-refractivity contribution is -0.124. The quantitative estimate of drug-likeness (QED) is 0.818. The molecule has 0 fully saturated rings. The maximum absolute atomic E-state index is 11.5. The van der Waals surface area contributed by atoms with E-state index in [0.717, 1.165) is 17.9 Å². The van der Waals surface area contributed by atoms with Crippen molar-refractivity contribution in [3.05, 3.63) is 70.7 Å². The van der Waals surface area contributed by atoms with Gasteiger partial charge in [0, 0.05) is 11.1 Å². The summed E-state index contributed by atoms with van der Waals surface area (Å²) >= 11 is 5.94. The van der Waals surface area contributed by atoms with Crippen LogP contribution in [0.15, 0.2) is 54.6 Å². The summed E-state index contributed by atoms with van der Waals surface area (Å²) in [4.78, 5) is 11.5. The lowest BCUT2D eigenvalue weighted by atomic mass is 9.87. The molecule has 2 aromatic rings. The Balaban J connectivity index is 2.12. The smallest absolute Gasteiger partial charge is 0.245 e. The number of carbonyl (C=O) groups excluding carboxylic acids is 1. The third-order valence-electron chi connectivity index (χ3n) is 3.99. The summed E-state index contributed by atoms with van der Waals surface area (Å²) in [5.41, 5.74) is 2.41. The number of hydrogen-bond donors (Lipinski definition) is 2. The molecule has 0 aliphatic heterocycles. The van der Waals surface area contributed by atoms with Crippen molar-refractivity contribution in [1.29, 1.82) is 0 Å². The Kier molecular flexibility index (Phi) is 6.63. The minimum atomic E-state index is -0.483. The van der Waals surface area contributed by atoms with Crippen LogP contribution in [-0.2, 0) is 17.6 Å². The summed E-state index contributed by atoms with van der Waals surface area (Å²) in [6.45, 7) is 1.50. The molecule has 0 spiro atoms. The molecule has 0 aliphatic rings. The van der Waals surface area contributed by atoms with Crippen molar-refractivity contribution in [3.63, 3.8) is 0 Å². The fourth-order valence-corrected chi connectivity index (χ4v) is 2.81. The van der Waals surface area contributed by atoms with Crippen molar-refractivity contribution in [2.75, 3.05) is 6.61 Å². The zero-order chi connectivity index (χ0) is 16.7. The van der Waals surface area contributed by atoms with E-state index < -0.39 is 6.61 Å². The number of nitrogens with one attached hydrogen (secondary N) is 1. The van der Waals surface area contributed by atoms with Crippen molar-refractivity contribution < 1.29 is 9.90 Å². The third kappa shape index (κ3) is 5.70. The highest BCUT2D eigenvalue weighted by Gasteiger charge is 2.20. The predicted octanol–water partition coefficient (Wildman–Crippen LogP) is 3.24. The van der Waals surface area contributed by atoms with Crippen molar-refractivity contribution >= 4 is 17.5 Å². The predicted molar refractivity (Wildman–Crippen MR) is 93.5 cm³/mol. The molecular formula is C19H22ClNO2. The van der Waals surface area contributed by atoms with Gasteiger partial charge >= 0.3 is 0 Å². The average molecular weight is 332 g/mol. The largest absolute Gasteiger partial charge is 0.387 e.